The van der Waals surface area contributed by atoms with Gasteiger partial charge in [0, 0.05) is 6.20 Å². The van der Waals surface area contributed by atoms with E-state index in [4.69, 9.17) is 17.3 Å². The first-order chi connectivity index (χ1) is 8.15. The van der Waals surface area contributed by atoms with E-state index in [-0.39, 0.29) is 11.8 Å². The first-order valence-corrected chi connectivity index (χ1v) is 5.68. The smallest absolute Gasteiger partial charge is 0.115 e. The van der Waals surface area contributed by atoms with Crippen molar-refractivity contribution in [3.63, 3.8) is 0 Å². The summed E-state index contributed by atoms with van der Waals surface area (Å²) < 4.78 is 0. The second-order valence-corrected chi connectivity index (χ2v) is 4.32. The maximum atomic E-state index is 9.36. The third-order valence-electron chi connectivity index (χ3n) is 2.50. The fraction of sp³-hybridized carbons (Fsp3) is 0.154. The second-order valence-electron chi connectivity index (χ2n) is 3.88. The number of hydrogen-bond donors (Lipinski definition) is 2. The van der Waals surface area contributed by atoms with Crippen LogP contribution in [0.1, 0.15) is 17.3 Å². The van der Waals surface area contributed by atoms with Crippen LogP contribution >= 0.6 is 11.6 Å². The van der Waals surface area contributed by atoms with Gasteiger partial charge in [-0.2, -0.15) is 0 Å². The average Bonchev–Trinajstić information content (AvgIpc) is 2.29. The summed E-state index contributed by atoms with van der Waals surface area (Å²) in [5.41, 5.74) is 7.81. The monoisotopic (exact) mass is 248 g/mol. The molecule has 4 heteroatoms. The zero-order chi connectivity index (χ0) is 12.3. The van der Waals surface area contributed by atoms with E-state index in [9.17, 15) is 5.11 Å². The standard InChI is InChI=1S/C13H13ClN2O/c14-10-4-5-13(16-8-10)12(15)7-9-2-1-3-11(17)6-9/h1-6,8,12,17H,7,15H2. The maximum absolute atomic E-state index is 9.36. The Kier molecular flexibility index (Phi) is 3.61. The average molecular weight is 249 g/mol. The lowest BCUT2D eigenvalue weighted by Crippen LogP contribution is -2.14. The van der Waals surface area contributed by atoms with E-state index in [0.29, 0.717) is 11.4 Å². The summed E-state index contributed by atoms with van der Waals surface area (Å²) in [6.45, 7) is 0. The van der Waals surface area contributed by atoms with Gasteiger partial charge in [-0.1, -0.05) is 23.7 Å². The van der Waals surface area contributed by atoms with Gasteiger partial charge in [0.15, 0.2) is 0 Å². The molecule has 0 fully saturated rings. The molecular formula is C13H13ClN2O. The predicted octanol–water partition coefficient (Wildman–Crippen LogP) is 2.68. The Hall–Kier alpha value is -1.58. The lowest BCUT2D eigenvalue weighted by atomic mass is 10.0. The molecule has 3 nitrogen and oxygen atoms in total. The number of nitrogens with zero attached hydrogens (tertiary/aromatic N) is 1. The van der Waals surface area contributed by atoms with Gasteiger partial charge in [-0.25, -0.2) is 0 Å². The van der Waals surface area contributed by atoms with Crippen molar-refractivity contribution in [2.75, 3.05) is 0 Å². The molecule has 1 heterocycles. The van der Waals surface area contributed by atoms with Crippen molar-refractivity contribution in [1.29, 1.82) is 0 Å². The normalized spacial score (nSPS) is 12.4. The van der Waals surface area contributed by atoms with E-state index in [0.717, 1.165) is 11.3 Å². The van der Waals surface area contributed by atoms with Crippen molar-refractivity contribution in [2.24, 2.45) is 5.73 Å². The Balaban J connectivity index is 2.11. The number of pyridine rings is 1. The van der Waals surface area contributed by atoms with Gasteiger partial charge in [-0.15, -0.1) is 0 Å². The summed E-state index contributed by atoms with van der Waals surface area (Å²) in [4.78, 5) is 4.18. The largest absolute Gasteiger partial charge is 0.508 e. The fourth-order valence-electron chi connectivity index (χ4n) is 1.65. The molecule has 0 aliphatic heterocycles. The number of nitrogens with two attached hydrogens (primary N) is 1. The number of hydrogen-bond acceptors (Lipinski definition) is 3. The molecule has 1 aromatic carbocycles. The molecule has 17 heavy (non-hydrogen) atoms. The minimum atomic E-state index is -0.200. The molecule has 0 spiro atoms. The number of aromatic nitrogens is 1. The van der Waals surface area contributed by atoms with Gasteiger partial charge >= 0.3 is 0 Å². The number of phenols is 1. The van der Waals surface area contributed by atoms with E-state index < -0.39 is 0 Å². The van der Waals surface area contributed by atoms with Crippen LogP contribution in [0.5, 0.6) is 5.75 Å². The first kappa shape index (κ1) is 11.9. The van der Waals surface area contributed by atoms with Crippen LogP contribution in [-0.4, -0.2) is 10.1 Å². The lowest BCUT2D eigenvalue weighted by molar-refractivity contribution is 0.474. The van der Waals surface area contributed by atoms with Gasteiger partial charge in [-0.05, 0) is 36.2 Å². The van der Waals surface area contributed by atoms with Crippen LogP contribution in [0.3, 0.4) is 0 Å². The fourth-order valence-corrected chi connectivity index (χ4v) is 1.76. The summed E-state index contributed by atoms with van der Waals surface area (Å²) in [5.74, 6) is 0.249. The predicted molar refractivity (Wildman–Crippen MR) is 68.0 cm³/mol. The molecule has 0 saturated carbocycles. The Labute approximate surface area is 105 Å². The highest BCUT2D eigenvalue weighted by Crippen LogP contribution is 2.18. The molecule has 1 unspecified atom stereocenters. The highest BCUT2D eigenvalue weighted by atomic mass is 35.5. The number of rotatable bonds is 3. The summed E-state index contributed by atoms with van der Waals surface area (Å²) >= 11 is 5.76. The number of benzene rings is 1. The summed E-state index contributed by atoms with van der Waals surface area (Å²) in [7, 11) is 0. The molecule has 0 amide bonds. The Morgan fingerprint density at radius 3 is 2.76 bits per heavy atom. The molecule has 0 radical (unpaired) electrons. The van der Waals surface area contributed by atoms with Gasteiger partial charge in [-0.3, -0.25) is 4.98 Å². The van der Waals surface area contributed by atoms with Crippen LogP contribution < -0.4 is 5.73 Å². The summed E-state index contributed by atoms with van der Waals surface area (Å²) in [6.07, 6.45) is 2.21. The zero-order valence-electron chi connectivity index (χ0n) is 9.18. The van der Waals surface area contributed by atoms with Crippen molar-refractivity contribution in [3.05, 3.63) is 58.9 Å². The van der Waals surface area contributed by atoms with E-state index >= 15 is 0 Å². The van der Waals surface area contributed by atoms with E-state index in [1.165, 1.54) is 0 Å². The van der Waals surface area contributed by atoms with Gasteiger partial charge < -0.3 is 10.8 Å². The molecular weight excluding hydrogens is 236 g/mol. The van der Waals surface area contributed by atoms with Gasteiger partial charge in [0.1, 0.15) is 5.75 Å². The van der Waals surface area contributed by atoms with Crippen molar-refractivity contribution < 1.29 is 5.11 Å². The van der Waals surface area contributed by atoms with Crippen molar-refractivity contribution >= 4 is 11.6 Å². The van der Waals surface area contributed by atoms with E-state index in [2.05, 4.69) is 4.98 Å². The number of aromatic hydroxyl groups is 1. The molecule has 88 valence electrons. The Bertz CT molecular complexity index is 499. The molecule has 2 rings (SSSR count). The van der Waals surface area contributed by atoms with E-state index in [1.54, 1.807) is 30.5 Å². The highest BCUT2D eigenvalue weighted by molar-refractivity contribution is 6.30. The topological polar surface area (TPSA) is 59.1 Å². The molecule has 1 atom stereocenters. The molecule has 0 aliphatic rings. The summed E-state index contributed by atoms with van der Waals surface area (Å²) in [5, 5.41) is 9.95. The Morgan fingerprint density at radius 1 is 1.29 bits per heavy atom. The molecule has 3 N–H and O–H groups in total. The van der Waals surface area contributed by atoms with E-state index in [1.807, 2.05) is 12.1 Å². The third-order valence-corrected chi connectivity index (χ3v) is 2.72. The third kappa shape index (κ3) is 3.19. The summed E-state index contributed by atoms with van der Waals surface area (Å²) in [6, 6.07) is 10.4. The van der Waals surface area contributed by atoms with Crippen LogP contribution in [0, 0.1) is 0 Å². The van der Waals surface area contributed by atoms with Crippen LogP contribution in [0.4, 0.5) is 0 Å². The second kappa shape index (κ2) is 5.17. The quantitative estimate of drug-likeness (QED) is 0.878. The van der Waals surface area contributed by atoms with Crippen molar-refractivity contribution in [2.45, 2.75) is 12.5 Å². The van der Waals surface area contributed by atoms with Gasteiger partial charge in [0.05, 0.1) is 16.8 Å². The SMILES string of the molecule is NC(Cc1cccc(O)c1)c1ccc(Cl)cn1. The van der Waals surface area contributed by atoms with Crippen molar-refractivity contribution in [1.82, 2.24) is 4.98 Å². The molecule has 0 bridgehead atoms. The van der Waals surface area contributed by atoms with Gasteiger partial charge in [0.25, 0.3) is 0 Å². The number of phenolic OH excluding ortho intramolecular Hbond substituents is 1. The Morgan fingerprint density at radius 2 is 2.12 bits per heavy atom. The highest BCUT2D eigenvalue weighted by Gasteiger charge is 2.08. The molecule has 2 aromatic rings. The van der Waals surface area contributed by atoms with Crippen LogP contribution in [0.25, 0.3) is 0 Å². The first-order valence-electron chi connectivity index (χ1n) is 5.30. The molecule has 0 saturated heterocycles. The lowest BCUT2D eigenvalue weighted by Gasteiger charge is -2.11. The van der Waals surface area contributed by atoms with Gasteiger partial charge in [0.2, 0.25) is 0 Å². The zero-order valence-corrected chi connectivity index (χ0v) is 9.93. The molecule has 1 aromatic heterocycles. The van der Waals surface area contributed by atoms with Crippen LogP contribution in [0.15, 0.2) is 42.6 Å². The number of halogens is 1. The maximum Gasteiger partial charge on any atom is 0.115 e. The minimum absolute atomic E-state index is 0.200. The molecule has 0 aliphatic carbocycles. The minimum Gasteiger partial charge on any atom is -0.508 e. The van der Waals surface area contributed by atoms with Crippen LogP contribution in [0.2, 0.25) is 5.02 Å². The van der Waals surface area contributed by atoms with Crippen molar-refractivity contribution in [3.8, 4) is 5.75 Å². The van der Waals surface area contributed by atoms with Crippen LogP contribution in [-0.2, 0) is 6.42 Å².